The van der Waals surface area contributed by atoms with Crippen LogP contribution in [0.3, 0.4) is 0 Å². The Morgan fingerprint density at radius 2 is 1.86 bits per heavy atom. The van der Waals surface area contributed by atoms with E-state index >= 15 is 0 Å². The molecule has 1 aromatic carbocycles. The highest BCUT2D eigenvalue weighted by atomic mass is 16.5. The summed E-state index contributed by atoms with van der Waals surface area (Å²) in [7, 11) is 0. The minimum atomic E-state index is -0.237. The number of benzene rings is 1. The fraction of sp³-hybridized carbons (Fsp3) is 0.286. The van der Waals surface area contributed by atoms with Crippen molar-refractivity contribution in [1.82, 2.24) is 9.88 Å². The van der Waals surface area contributed by atoms with Crippen molar-refractivity contribution in [2.24, 2.45) is 0 Å². The second-order valence-corrected chi connectivity index (χ2v) is 6.58. The Bertz CT molecular complexity index is 978. The number of aromatic nitrogens is 1. The second kappa shape index (κ2) is 8.22. The van der Waals surface area contributed by atoms with E-state index in [-0.39, 0.29) is 24.0 Å². The van der Waals surface area contributed by atoms with Gasteiger partial charge in [0.25, 0.3) is 5.91 Å². The highest BCUT2D eigenvalue weighted by Crippen LogP contribution is 2.32. The van der Waals surface area contributed by atoms with Crippen LogP contribution in [0.25, 0.3) is 11.0 Å². The van der Waals surface area contributed by atoms with Gasteiger partial charge in [0.1, 0.15) is 11.3 Å². The summed E-state index contributed by atoms with van der Waals surface area (Å²) in [5, 5.41) is 3.60. The lowest BCUT2D eigenvalue weighted by Crippen LogP contribution is -2.40. The number of rotatable bonds is 5. The van der Waals surface area contributed by atoms with E-state index in [2.05, 4.69) is 10.3 Å². The number of ether oxygens (including phenoxy) is 1. The second-order valence-electron chi connectivity index (χ2n) is 6.58. The normalized spacial score (nSPS) is 14.2. The Balaban J connectivity index is 1.56. The molecule has 7 nitrogen and oxygen atoms in total. The minimum Gasteiger partial charge on any atom is -0.449 e. The van der Waals surface area contributed by atoms with Crippen molar-refractivity contribution < 1.29 is 18.7 Å². The molecule has 1 aliphatic heterocycles. The number of carbonyl (C=O) groups excluding carboxylic acids is 2. The van der Waals surface area contributed by atoms with Crippen LogP contribution in [-0.2, 0) is 16.0 Å². The van der Waals surface area contributed by atoms with Crippen LogP contribution in [0, 0.1) is 0 Å². The molecule has 7 heteroatoms. The first-order valence-electron chi connectivity index (χ1n) is 9.30. The van der Waals surface area contributed by atoms with Gasteiger partial charge in [-0.3, -0.25) is 14.6 Å². The summed E-state index contributed by atoms with van der Waals surface area (Å²) in [6, 6.07) is 12.9. The smallest absolute Gasteiger partial charge is 0.291 e. The number of nitrogens with zero attached hydrogens (tertiary/aromatic N) is 2. The van der Waals surface area contributed by atoms with Crippen LogP contribution < -0.4 is 5.32 Å². The zero-order valence-electron chi connectivity index (χ0n) is 15.4. The van der Waals surface area contributed by atoms with Gasteiger partial charge in [-0.15, -0.1) is 0 Å². The van der Waals surface area contributed by atoms with Crippen LogP contribution in [0.1, 0.15) is 22.7 Å². The van der Waals surface area contributed by atoms with Crippen molar-refractivity contribution in [2.45, 2.75) is 12.8 Å². The van der Waals surface area contributed by atoms with Crippen molar-refractivity contribution in [3.05, 3.63) is 60.1 Å². The molecule has 0 saturated carbocycles. The number of pyridine rings is 1. The molecule has 4 rings (SSSR count). The first-order valence-corrected chi connectivity index (χ1v) is 9.30. The number of furan rings is 1. The molecule has 3 heterocycles. The monoisotopic (exact) mass is 379 g/mol. The predicted molar refractivity (Wildman–Crippen MR) is 104 cm³/mol. The third-order valence-corrected chi connectivity index (χ3v) is 4.69. The minimum absolute atomic E-state index is 0.161. The van der Waals surface area contributed by atoms with E-state index in [9.17, 15) is 9.59 Å². The van der Waals surface area contributed by atoms with E-state index in [1.54, 1.807) is 17.2 Å². The zero-order chi connectivity index (χ0) is 19.3. The molecular weight excluding hydrogens is 358 g/mol. The lowest BCUT2D eigenvalue weighted by atomic mass is 10.1. The lowest BCUT2D eigenvalue weighted by Gasteiger charge is -2.26. The average Bonchev–Trinajstić information content (AvgIpc) is 3.11. The number of fused-ring (bicyclic) bond motifs is 1. The topological polar surface area (TPSA) is 84.7 Å². The Labute approximate surface area is 162 Å². The molecule has 1 fully saturated rings. The lowest BCUT2D eigenvalue weighted by molar-refractivity contribution is -0.116. The third kappa shape index (κ3) is 3.89. The molecule has 28 heavy (non-hydrogen) atoms. The van der Waals surface area contributed by atoms with Gasteiger partial charge in [0, 0.05) is 36.8 Å². The van der Waals surface area contributed by atoms with Crippen molar-refractivity contribution in [2.75, 3.05) is 31.6 Å². The van der Waals surface area contributed by atoms with Crippen LogP contribution in [0.15, 0.2) is 53.1 Å². The number of aryl methyl sites for hydroxylation is 1. The number of hydrogen-bond acceptors (Lipinski definition) is 5. The van der Waals surface area contributed by atoms with Crippen molar-refractivity contribution in [3.63, 3.8) is 0 Å². The van der Waals surface area contributed by atoms with Crippen LogP contribution in [-0.4, -0.2) is 48.0 Å². The zero-order valence-corrected chi connectivity index (χ0v) is 15.4. The average molecular weight is 379 g/mol. The first-order chi connectivity index (χ1) is 13.7. The number of hydrogen-bond donors (Lipinski definition) is 1. The number of carbonyl (C=O) groups is 2. The Morgan fingerprint density at radius 1 is 1.07 bits per heavy atom. The Kier molecular flexibility index (Phi) is 5.34. The fourth-order valence-electron chi connectivity index (χ4n) is 3.22. The van der Waals surface area contributed by atoms with E-state index < -0.39 is 0 Å². The summed E-state index contributed by atoms with van der Waals surface area (Å²) >= 11 is 0. The van der Waals surface area contributed by atoms with E-state index in [1.807, 2.05) is 36.4 Å². The van der Waals surface area contributed by atoms with E-state index in [0.29, 0.717) is 49.4 Å². The standard InChI is InChI=1S/C21H21N3O4/c25-18(9-8-15-5-3-4-10-22-15)23-19-16-6-1-2-7-17(16)28-20(19)21(26)24-11-13-27-14-12-24/h1-7,10H,8-9,11-14H2,(H,23,25). The van der Waals surface area contributed by atoms with Gasteiger partial charge in [0.05, 0.1) is 13.2 Å². The molecule has 0 spiro atoms. The van der Waals surface area contributed by atoms with Crippen molar-refractivity contribution in [3.8, 4) is 0 Å². The largest absolute Gasteiger partial charge is 0.449 e. The summed E-state index contributed by atoms with van der Waals surface area (Å²) in [5.74, 6) is -0.262. The molecular formula is C21H21N3O4. The molecule has 0 radical (unpaired) electrons. The molecule has 1 N–H and O–H groups in total. The molecule has 144 valence electrons. The predicted octanol–water partition coefficient (Wildman–Crippen LogP) is 2.87. The number of anilines is 1. The Morgan fingerprint density at radius 3 is 2.64 bits per heavy atom. The van der Waals surface area contributed by atoms with Gasteiger partial charge < -0.3 is 19.4 Å². The number of nitrogens with one attached hydrogen (secondary N) is 1. The van der Waals surface area contributed by atoms with Crippen LogP contribution in [0.4, 0.5) is 5.69 Å². The van der Waals surface area contributed by atoms with Gasteiger partial charge in [-0.05, 0) is 30.7 Å². The molecule has 3 aromatic rings. The summed E-state index contributed by atoms with van der Waals surface area (Å²) in [6.45, 7) is 2.00. The number of amides is 2. The van der Waals surface area contributed by atoms with Gasteiger partial charge >= 0.3 is 0 Å². The summed E-state index contributed by atoms with van der Waals surface area (Å²) in [4.78, 5) is 31.4. The molecule has 0 bridgehead atoms. The fourth-order valence-corrected chi connectivity index (χ4v) is 3.22. The van der Waals surface area contributed by atoms with Gasteiger partial charge in [-0.1, -0.05) is 18.2 Å². The van der Waals surface area contributed by atoms with Crippen molar-refractivity contribution in [1.29, 1.82) is 0 Å². The van der Waals surface area contributed by atoms with Gasteiger partial charge in [0.15, 0.2) is 0 Å². The molecule has 0 unspecified atom stereocenters. The Hall–Kier alpha value is -3.19. The van der Waals surface area contributed by atoms with Gasteiger partial charge in [0.2, 0.25) is 11.7 Å². The maximum Gasteiger partial charge on any atom is 0.291 e. The van der Waals surface area contributed by atoms with Crippen LogP contribution in [0.2, 0.25) is 0 Å². The molecule has 2 aromatic heterocycles. The number of morpholine rings is 1. The number of para-hydroxylation sites is 1. The van der Waals surface area contributed by atoms with Crippen molar-refractivity contribution >= 4 is 28.5 Å². The molecule has 1 aliphatic rings. The SMILES string of the molecule is O=C(CCc1ccccn1)Nc1c(C(=O)N2CCOCC2)oc2ccccc12. The summed E-state index contributed by atoms with van der Waals surface area (Å²) in [5.41, 5.74) is 1.84. The third-order valence-electron chi connectivity index (χ3n) is 4.69. The van der Waals surface area contributed by atoms with Gasteiger partial charge in [-0.2, -0.15) is 0 Å². The molecule has 0 aliphatic carbocycles. The molecule has 0 atom stereocenters. The van der Waals surface area contributed by atoms with Crippen LogP contribution >= 0.6 is 0 Å². The highest BCUT2D eigenvalue weighted by molar-refractivity contribution is 6.10. The van der Waals surface area contributed by atoms with E-state index in [4.69, 9.17) is 9.15 Å². The maximum atomic E-state index is 13.0. The first kappa shape index (κ1) is 18.2. The molecule has 2 amide bonds. The maximum absolute atomic E-state index is 13.0. The molecule has 1 saturated heterocycles. The van der Waals surface area contributed by atoms with Gasteiger partial charge in [-0.25, -0.2) is 0 Å². The summed E-state index contributed by atoms with van der Waals surface area (Å²) in [6.07, 6.45) is 2.49. The van der Waals surface area contributed by atoms with E-state index in [0.717, 1.165) is 5.69 Å². The van der Waals surface area contributed by atoms with Crippen LogP contribution in [0.5, 0.6) is 0 Å². The highest BCUT2D eigenvalue weighted by Gasteiger charge is 2.27. The summed E-state index contributed by atoms with van der Waals surface area (Å²) < 4.78 is 11.1. The quantitative estimate of drug-likeness (QED) is 0.737. The van der Waals surface area contributed by atoms with E-state index in [1.165, 1.54) is 0 Å².